The average Bonchev–Trinajstić information content (AvgIpc) is 1.81. The molecule has 0 nitrogen and oxygen atoms in total. The van der Waals surface area contributed by atoms with E-state index in [4.69, 9.17) is 0 Å². The van der Waals surface area contributed by atoms with Crippen LogP contribution in [0.5, 0.6) is 0 Å². The van der Waals surface area contributed by atoms with Crippen molar-refractivity contribution in [2.75, 3.05) is 0 Å². The normalized spacial score (nSPS) is 2.00. The van der Waals surface area contributed by atoms with Crippen molar-refractivity contribution in [3.8, 4) is 0 Å². The Bertz CT molecular complexity index is 4.75. The third-order valence-corrected chi connectivity index (χ3v) is 0. The van der Waals surface area contributed by atoms with Crippen LogP contribution in [-0.2, 0) is 0 Å². The molecule has 0 aliphatic carbocycles. The first kappa shape index (κ1) is 18.9. The number of hydrogen-bond donors (Lipinski definition) is 0. The Kier molecular flexibility index (Phi) is 226. The molecule has 0 aliphatic heterocycles. The van der Waals surface area contributed by atoms with Crippen LogP contribution in [0, 0.1) is 0 Å². The monoisotopic (exact) mass is 84.1 g/mol. The van der Waals surface area contributed by atoms with Gasteiger partial charge in [0.2, 0.25) is 0 Å². The smallest absolute Gasteiger partial charge is 0.106 e. The second-order valence-corrected chi connectivity index (χ2v) is 0. The van der Waals surface area contributed by atoms with E-state index in [0.29, 0.717) is 0 Å². The molecule has 0 spiro atoms. The molecule has 0 N–H and O–H groups in total. The van der Waals surface area contributed by atoms with Gasteiger partial charge in [-0.05, 0) is 0 Å². The van der Waals surface area contributed by atoms with Crippen molar-refractivity contribution in [1.82, 2.24) is 0 Å². The fourth-order valence-electron chi connectivity index (χ4n) is 0. The first-order chi connectivity index (χ1) is 3.00. The average molecular weight is 84.2 g/mol. The van der Waals surface area contributed by atoms with Gasteiger partial charge in [-0.15, -0.1) is 39.5 Å². The molecule has 0 radical (unpaired) electrons. The van der Waals surface area contributed by atoms with Crippen LogP contribution in [0.1, 0.15) is 0 Å². The van der Waals surface area contributed by atoms with Gasteiger partial charge in [0.15, 0.2) is 0 Å². The molecule has 36 valence electrons. The Morgan fingerprint density at radius 3 is 0.333 bits per heavy atom. The quantitative estimate of drug-likeness (QED) is 0.395. The Morgan fingerprint density at radius 1 is 0.333 bits per heavy atom. The molecule has 0 saturated carbocycles. The van der Waals surface area contributed by atoms with Gasteiger partial charge < -0.3 is 0 Å². The minimum atomic E-state index is 3.00. The summed E-state index contributed by atoms with van der Waals surface area (Å²) in [6, 6.07) is 0. The van der Waals surface area contributed by atoms with E-state index in [1.54, 1.807) is 0 Å². The van der Waals surface area contributed by atoms with E-state index in [-0.39, 0.29) is 0 Å². The third-order valence-electron chi connectivity index (χ3n) is 0. The molecule has 0 bridgehead atoms. The molecule has 0 heteroatoms. The minimum Gasteiger partial charge on any atom is -0.106 e. The van der Waals surface area contributed by atoms with Crippen LogP contribution in [0.2, 0.25) is 0 Å². The van der Waals surface area contributed by atoms with Crippen LogP contribution >= 0.6 is 0 Å². The summed E-state index contributed by atoms with van der Waals surface area (Å²) in [4.78, 5) is 0. The van der Waals surface area contributed by atoms with Crippen LogP contribution < -0.4 is 0 Å². The first-order valence-corrected chi connectivity index (χ1v) is 1.50. The molecule has 0 unspecified atom stereocenters. The molecule has 0 aromatic heterocycles. The van der Waals surface area contributed by atoms with Crippen molar-refractivity contribution in [2.24, 2.45) is 0 Å². The molecule has 0 saturated heterocycles. The lowest BCUT2D eigenvalue weighted by atomic mass is 11.3. The summed E-state index contributed by atoms with van der Waals surface area (Å²) in [5, 5.41) is 0. The van der Waals surface area contributed by atoms with Crippen LogP contribution in [0.4, 0.5) is 0 Å². The maximum Gasteiger partial charge on any atom is -0.106 e. The van der Waals surface area contributed by atoms with Crippen molar-refractivity contribution in [3.63, 3.8) is 0 Å². The van der Waals surface area contributed by atoms with Crippen molar-refractivity contribution < 1.29 is 0 Å². The maximum absolute atomic E-state index is 3.00. The zero-order valence-electron chi connectivity index (χ0n) is 4.24. The van der Waals surface area contributed by atoms with Crippen molar-refractivity contribution in [2.45, 2.75) is 0 Å². The molecule has 6 heavy (non-hydrogen) atoms. The standard InChI is InChI=1S/3C2H4/c3*1-2/h3*1-2H2. The summed E-state index contributed by atoms with van der Waals surface area (Å²) in [7, 11) is 0. The van der Waals surface area contributed by atoms with E-state index in [0.717, 1.165) is 0 Å². The highest BCUT2D eigenvalue weighted by Gasteiger charge is 0.605. The van der Waals surface area contributed by atoms with E-state index >= 15 is 0 Å². The largest absolute Gasteiger partial charge is 0.106 e. The van der Waals surface area contributed by atoms with Crippen molar-refractivity contribution in [3.05, 3.63) is 39.5 Å². The van der Waals surface area contributed by atoms with Gasteiger partial charge >= 0.3 is 0 Å². The van der Waals surface area contributed by atoms with Gasteiger partial charge in [-0.3, -0.25) is 0 Å². The zero-order valence-corrected chi connectivity index (χ0v) is 4.24. The molecule has 0 rings (SSSR count). The summed E-state index contributed by atoms with van der Waals surface area (Å²) < 4.78 is 0. The zero-order chi connectivity index (χ0) is 6.00. The molecule has 0 amide bonds. The second-order valence-electron chi connectivity index (χ2n) is 0. The fraction of sp³-hybridized carbons (Fsp3) is 0. The molecule has 0 aromatic rings. The highest BCUT2D eigenvalue weighted by molar-refractivity contribution is 4.22. The van der Waals surface area contributed by atoms with Crippen molar-refractivity contribution in [1.29, 1.82) is 0 Å². The number of rotatable bonds is 0. The van der Waals surface area contributed by atoms with Gasteiger partial charge in [-0.1, -0.05) is 0 Å². The third kappa shape index (κ3) is 26.1. The van der Waals surface area contributed by atoms with E-state index < -0.39 is 0 Å². The second kappa shape index (κ2) is 71.9. The lowest BCUT2D eigenvalue weighted by molar-refractivity contribution is 2.81. The number of hydrogen-bond acceptors (Lipinski definition) is 0. The Balaban J connectivity index is -0.0000000225. The van der Waals surface area contributed by atoms with Gasteiger partial charge in [0.25, 0.3) is 0 Å². The highest BCUT2D eigenvalue weighted by atomic mass is 12.7. The van der Waals surface area contributed by atoms with Crippen LogP contribution in [0.3, 0.4) is 0 Å². The molecule has 0 fully saturated rings. The predicted octanol–water partition coefficient (Wildman–Crippen LogP) is 2.41. The van der Waals surface area contributed by atoms with Gasteiger partial charge in [-0.25, -0.2) is 0 Å². The highest BCUT2D eigenvalue weighted by Crippen LogP contribution is 0.866. The van der Waals surface area contributed by atoms with Crippen LogP contribution in [0.15, 0.2) is 39.5 Å². The predicted molar refractivity (Wildman–Crippen MR) is 33.8 cm³/mol. The lowest BCUT2D eigenvalue weighted by Gasteiger charge is -0.813. The minimum absolute atomic E-state index is 3.00. The van der Waals surface area contributed by atoms with Gasteiger partial charge in [0, 0.05) is 0 Å². The molecule has 0 aromatic carbocycles. The maximum atomic E-state index is 3.00. The molecule has 0 heterocycles. The van der Waals surface area contributed by atoms with Gasteiger partial charge in [0.1, 0.15) is 0 Å². The molecule has 0 atom stereocenters. The van der Waals surface area contributed by atoms with E-state index in [1.807, 2.05) is 0 Å². The van der Waals surface area contributed by atoms with Crippen molar-refractivity contribution >= 4 is 0 Å². The van der Waals surface area contributed by atoms with Gasteiger partial charge in [0.05, 0.1) is 0 Å². The Hall–Kier alpha value is -0.780. The summed E-state index contributed by atoms with van der Waals surface area (Å²) >= 11 is 0. The first-order valence-electron chi connectivity index (χ1n) is 1.50. The Labute approximate surface area is 40.5 Å². The van der Waals surface area contributed by atoms with E-state index in [9.17, 15) is 0 Å². The van der Waals surface area contributed by atoms with Crippen LogP contribution in [-0.4, -0.2) is 0 Å². The topological polar surface area (TPSA) is 0 Å². The lowest BCUT2D eigenvalue weighted by Crippen LogP contribution is -0.552. The molecular weight excluding hydrogens is 72.1 g/mol. The summed E-state index contributed by atoms with van der Waals surface area (Å²) in [5.74, 6) is 0. The molecular formula is C6H12. The molecule has 0 aliphatic rings. The van der Waals surface area contributed by atoms with E-state index in [1.165, 1.54) is 0 Å². The van der Waals surface area contributed by atoms with Gasteiger partial charge in [-0.2, -0.15) is 0 Å². The Morgan fingerprint density at radius 2 is 0.333 bits per heavy atom. The summed E-state index contributed by atoms with van der Waals surface area (Å²) in [5.41, 5.74) is 0. The summed E-state index contributed by atoms with van der Waals surface area (Å²) in [6.07, 6.45) is 0. The SMILES string of the molecule is C=C.C=C.C=C. The fourth-order valence-corrected chi connectivity index (χ4v) is 0. The summed E-state index contributed by atoms with van der Waals surface area (Å²) in [6.45, 7) is 18.0. The van der Waals surface area contributed by atoms with Crippen LogP contribution in [0.25, 0.3) is 0 Å². The van der Waals surface area contributed by atoms with E-state index in [2.05, 4.69) is 39.5 Å².